The Labute approximate surface area is 178 Å². The summed E-state index contributed by atoms with van der Waals surface area (Å²) in [5, 5.41) is 0.345. The van der Waals surface area contributed by atoms with Crippen LogP contribution in [-0.4, -0.2) is 48.2 Å². The molecule has 0 aromatic heterocycles. The minimum absolute atomic E-state index is 0.0377. The van der Waals surface area contributed by atoms with E-state index in [1.807, 2.05) is 0 Å². The molecule has 1 aromatic carbocycles. The molecule has 1 aromatic rings. The van der Waals surface area contributed by atoms with E-state index in [1.165, 1.54) is 18.2 Å². The maximum Gasteiger partial charge on any atom is 0.410 e. The standard InChI is InChI=1S/C20H23Cl2F2NO4/c1-5-28-15(26)18-9-19(18,12-6-7-13(21)14(22)8-12)20(23,24)11-25(10-18)16(27)29-17(2,3)4/h6-8H,5,9-11H2,1-4H3. The quantitative estimate of drug-likeness (QED) is 0.604. The first-order valence-electron chi connectivity index (χ1n) is 9.28. The van der Waals surface area contributed by atoms with Crippen LogP contribution in [0.1, 0.15) is 39.7 Å². The summed E-state index contributed by atoms with van der Waals surface area (Å²) in [6.07, 6.45) is -1.06. The number of rotatable bonds is 3. The third-order valence-corrected chi connectivity index (χ3v) is 6.20. The van der Waals surface area contributed by atoms with Gasteiger partial charge in [0.15, 0.2) is 0 Å². The summed E-state index contributed by atoms with van der Waals surface area (Å²) in [7, 11) is 0. The number of carbonyl (C=O) groups excluding carboxylic acids is 2. The Morgan fingerprint density at radius 3 is 2.38 bits per heavy atom. The second-order valence-corrected chi connectivity index (χ2v) is 9.37. The number of likely N-dealkylation sites (tertiary alicyclic amines) is 1. The Bertz CT molecular complexity index is 857. The maximum atomic E-state index is 15.6. The summed E-state index contributed by atoms with van der Waals surface area (Å²) in [6.45, 7) is 5.47. The number of hydrogen-bond donors (Lipinski definition) is 0. The predicted molar refractivity (Wildman–Crippen MR) is 105 cm³/mol. The van der Waals surface area contributed by atoms with E-state index < -0.39 is 41.0 Å². The number of benzene rings is 1. The number of esters is 1. The molecule has 2 aliphatic rings. The number of hydrogen-bond acceptors (Lipinski definition) is 4. The molecule has 0 radical (unpaired) electrons. The van der Waals surface area contributed by atoms with Gasteiger partial charge in [0, 0.05) is 6.54 Å². The predicted octanol–water partition coefficient (Wildman–Crippen LogP) is 5.07. The van der Waals surface area contributed by atoms with Crippen LogP contribution >= 0.6 is 23.2 Å². The summed E-state index contributed by atoms with van der Waals surface area (Å²) in [5.41, 5.74) is -4.06. The molecule has 1 amide bonds. The van der Waals surface area contributed by atoms with E-state index in [0.717, 1.165) is 4.90 Å². The van der Waals surface area contributed by atoms with Gasteiger partial charge in [0.1, 0.15) is 11.0 Å². The number of nitrogens with zero attached hydrogens (tertiary/aromatic N) is 1. The van der Waals surface area contributed by atoms with Crippen LogP contribution in [0.2, 0.25) is 10.0 Å². The number of carbonyl (C=O) groups is 2. The zero-order valence-corrected chi connectivity index (χ0v) is 18.2. The summed E-state index contributed by atoms with van der Waals surface area (Å²) >= 11 is 12.0. The molecule has 1 aliphatic carbocycles. The Morgan fingerprint density at radius 2 is 1.83 bits per heavy atom. The Morgan fingerprint density at radius 1 is 1.17 bits per heavy atom. The highest BCUT2D eigenvalue weighted by Gasteiger charge is 2.86. The van der Waals surface area contributed by atoms with Gasteiger partial charge in [0.25, 0.3) is 5.92 Å². The second kappa shape index (κ2) is 6.98. The van der Waals surface area contributed by atoms with E-state index in [9.17, 15) is 9.59 Å². The van der Waals surface area contributed by atoms with Crippen molar-refractivity contribution < 1.29 is 27.8 Å². The fraction of sp³-hybridized carbons (Fsp3) is 0.600. The molecule has 0 spiro atoms. The highest BCUT2D eigenvalue weighted by molar-refractivity contribution is 6.42. The van der Waals surface area contributed by atoms with Crippen molar-refractivity contribution in [3.63, 3.8) is 0 Å². The molecule has 2 unspecified atom stereocenters. The van der Waals surface area contributed by atoms with Crippen molar-refractivity contribution in [2.75, 3.05) is 19.7 Å². The topological polar surface area (TPSA) is 55.8 Å². The number of halogens is 4. The van der Waals surface area contributed by atoms with Gasteiger partial charge in [-0.05, 0) is 51.8 Å². The molecule has 29 heavy (non-hydrogen) atoms. The lowest BCUT2D eigenvalue weighted by Crippen LogP contribution is -2.59. The molecule has 0 bridgehead atoms. The molecular weight excluding hydrogens is 427 g/mol. The van der Waals surface area contributed by atoms with E-state index in [-0.39, 0.29) is 35.2 Å². The van der Waals surface area contributed by atoms with Crippen LogP contribution in [0.15, 0.2) is 18.2 Å². The van der Waals surface area contributed by atoms with Crippen LogP contribution in [0.25, 0.3) is 0 Å². The molecule has 1 saturated heterocycles. The largest absolute Gasteiger partial charge is 0.465 e. The molecule has 1 aliphatic heterocycles. The zero-order chi connectivity index (χ0) is 21.8. The van der Waals surface area contributed by atoms with Crippen molar-refractivity contribution in [3.8, 4) is 0 Å². The second-order valence-electron chi connectivity index (χ2n) is 8.55. The van der Waals surface area contributed by atoms with Crippen LogP contribution in [-0.2, 0) is 19.7 Å². The Hall–Kier alpha value is -1.60. The van der Waals surface area contributed by atoms with Crippen molar-refractivity contribution in [2.45, 2.75) is 51.1 Å². The first-order valence-corrected chi connectivity index (χ1v) is 10.0. The van der Waals surface area contributed by atoms with Crippen molar-refractivity contribution in [2.24, 2.45) is 5.41 Å². The first kappa shape index (κ1) is 22.1. The number of piperidine rings is 1. The van der Waals surface area contributed by atoms with Gasteiger partial charge in [-0.1, -0.05) is 29.3 Å². The summed E-state index contributed by atoms with van der Waals surface area (Å²) < 4.78 is 41.5. The van der Waals surface area contributed by atoms with Crippen LogP contribution in [0.5, 0.6) is 0 Å². The average molecular weight is 450 g/mol. The van der Waals surface area contributed by atoms with E-state index >= 15 is 8.78 Å². The van der Waals surface area contributed by atoms with E-state index in [4.69, 9.17) is 32.7 Å². The lowest BCUT2D eigenvalue weighted by atomic mass is 9.77. The van der Waals surface area contributed by atoms with Crippen molar-refractivity contribution in [1.82, 2.24) is 4.90 Å². The van der Waals surface area contributed by atoms with Gasteiger partial charge in [-0.2, -0.15) is 0 Å². The van der Waals surface area contributed by atoms with Crippen LogP contribution in [0.4, 0.5) is 13.6 Å². The number of fused-ring (bicyclic) bond motifs is 1. The van der Waals surface area contributed by atoms with Gasteiger partial charge in [0.2, 0.25) is 0 Å². The smallest absolute Gasteiger partial charge is 0.410 e. The first-order chi connectivity index (χ1) is 13.3. The highest BCUT2D eigenvalue weighted by Crippen LogP contribution is 2.74. The molecular formula is C20H23Cl2F2NO4. The molecule has 0 N–H and O–H groups in total. The number of alkyl halides is 2. The van der Waals surface area contributed by atoms with E-state index in [0.29, 0.717) is 0 Å². The SMILES string of the molecule is CCOC(=O)C12CN(C(=O)OC(C)(C)C)CC(F)(F)C1(c1ccc(Cl)c(Cl)c1)C2. The lowest BCUT2D eigenvalue weighted by Gasteiger charge is -2.42. The van der Waals surface area contributed by atoms with Gasteiger partial charge in [-0.15, -0.1) is 0 Å². The molecule has 1 heterocycles. The van der Waals surface area contributed by atoms with Crippen LogP contribution in [0, 0.1) is 5.41 Å². The summed E-state index contributed by atoms with van der Waals surface area (Å²) in [5.74, 6) is -4.18. The van der Waals surface area contributed by atoms with Crippen molar-refractivity contribution in [3.05, 3.63) is 33.8 Å². The molecule has 3 rings (SSSR count). The van der Waals surface area contributed by atoms with Gasteiger partial charge >= 0.3 is 12.1 Å². The van der Waals surface area contributed by atoms with Crippen molar-refractivity contribution in [1.29, 1.82) is 0 Å². The highest BCUT2D eigenvalue weighted by atomic mass is 35.5. The fourth-order valence-electron chi connectivity index (χ4n) is 4.22. The van der Waals surface area contributed by atoms with Gasteiger partial charge < -0.3 is 14.4 Å². The van der Waals surface area contributed by atoms with E-state index in [1.54, 1.807) is 27.7 Å². The molecule has 1 saturated carbocycles. The minimum Gasteiger partial charge on any atom is -0.465 e. The van der Waals surface area contributed by atoms with Gasteiger partial charge in [0.05, 0.1) is 28.6 Å². The number of ether oxygens (including phenoxy) is 2. The molecule has 160 valence electrons. The van der Waals surface area contributed by atoms with E-state index in [2.05, 4.69) is 0 Å². The summed E-state index contributed by atoms with van der Waals surface area (Å²) in [4.78, 5) is 26.2. The molecule has 2 atom stereocenters. The third-order valence-electron chi connectivity index (χ3n) is 5.46. The molecule has 9 heteroatoms. The van der Waals surface area contributed by atoms with Gasteiger partial charge in [-0.25, -0.2) is 13.6 Å². The Balaban J connectivity index is 2.05. The minimum atomic E-state index is -3.41. The maximum absolute atomic E-state index is 15.6. The summed E-state index contributed by atoms with van der Waals surface area (Å²) in [6, 6.07) is 4.24. The Kier molecular flexibility index (Phi) is 5.32. The third kappa shape index (κ3) is 3.46. The monoisotopic (exact) mass is 449 g/mol. The average Bonchev–Trinajstić information content (AvgIpc) is 3.28. The molecule has 2 fully saturated rings. The van der Waals surface area contributed by atoms with Crippen LogP contribution in [0.3, 0.4) is 0 Å². The van der Waals surface area contributed by atoms with Crippen LogP contribution < -0.4 is 0 Å². The zero-order valence-electron chi connectivity index (χ0n) is 16.7. The van der Waals surface area contributed by atoms with Crippen molar-refractivity contribution >= 4 is 35.3 Å². The number of amides is 1. The fourth-order valence-corrected chi connectivity index (χ4v) is 4.52. The van der Waals surface area contributed by atoms with Gasteiger partial charge in [-0.3, -0.25) is 4.79 Å². The molecule has 5 nitrogen and oxygen atoms in total. The lowest BCUT2D eigenvalue weighted by molar-refractivity contribution is -0.162. The normalized spacial score (nSPS) is 27.8.